The maximum Gasteiger partial charge on any atom is 0.239 e. The van der Waals surface area contributed by atoms with Crippen molar-refractivity contribution in [3.8, 4) is 0 Å². The lowest BCUT2D eigenvalue weighted by Gasteiger charge is -2.26. The molecular weight excluding hydrogens is 330 g/mol. The minimum absolute atomic E-state index is 0.0623. The minimum Gasteiger partial charge on any atom is -0.381 e. The molecule has 0 aliphatic carbocycles. The van der Waals surface area contributed by atoms with Gasteiger partial charge in [0.05, 0.1) is 12.6 Å². The van der Waals surface area contributed by atoms with Crippen molar-refractivity contribution in [3.05, 3.63) is 0 Å². The first-order chi connectivity index (χ1) is 12.5. The molecule has 150 valence electrons. The summed E-state index contributed by atoms with van der Waals surface area (Å²) in [5.74, 6) is 1.81. The summed E-state index contributed by atoms with van der Waals surface area (Å²) in [6.45, 7) is 8.45. The smallest absolute Gasteiger partial charge is 0.239 e. The second-order valence-electron chi connectivity index (χ2n) is 7.63. The number of guanidine groups is 1. The Balaban J connectivity index is 1.78. The molecule has 0 aromatic rings. The summed E-state index contributed by atoms with van der Waals surface area (Å²) in [7, 11) is 5.79. The second-order valence-corrected chi connectivity index (χ2v) is 7.63. The predicted octanol–water partition coefficient (Wildman–Crippen LogP) is 0.863. The molecule has 2 aliphatic heterocycles. The number of likely N-dealkylation sites (N-methyl/N-ethyl adjacent to an activating group) is 1. The van der Waals surface area contributed by atoms with Gasteiger partial charge >= 0.3 is 0 Å². The summed E-state index contributed by atoms with van der Waals surface area (Å²) in [6, 6.07) is 0.0623. The van der Waals surface area contributed by atoms with Gasteiger partial charge in [0.15, 0.2) is 5.96 Å². The number of nitrogens with zero attached hydrogens (tertiary/aromatic N) is 4. The first kappa shape index (κ1) is 21.0. The van der Waals surface area contributed by atoms with Gasteiger partial charge in [0.2, 0.25) is 5.91 Å². The quantitative estimate of drug-likeness (QED) is 0.392. The molecule has 2 rings (SSSR count). The van der Waals surface area contributed by atoms with E-state index in [0.717, 1.165) is 77.6 Å². The lowest BCUT2D eigenvalue weighted by molar-refractivity contribution is -0.133. The molecule has 2 aliphatic rings. The molecule has 1 N–H and O–H groups in total. The van der Waals surface area contributed by atoms with Gasteiger partial charge in [-0.05, 0) is 39.2 Å². The Morgan fingerprint density at radius 3 is 2.77 bits per heavy atom. The number of carbonyl (C=O) groups is 1. The number of nitrogens with one attached hydrogen (secondary N) is 1. The van der Waals surface area contributed by atoms with Gasteiger partial charge < -0.3 is 19.9 Å². The second kappa shape index (κ2) is 10.7. The van der Waals surface area contributed by atoms with Gasteiger partial charge in [-0.25, -0.2) is 0 Å². The molecule has 2 unspecified atom stereocenters. The molecule has 26 heavy (non-hydrogen) atoms. The molecule has 1 amide bonds. The topological polar surface area (TPSA) is 60.4 Å². The van der Waals surface area contributed by atoms with Gasteiger partial charge in [-0.2, -0.15) is 0 Å². The summed E-state index contributed by atoms with van der Waals surface area (Å²) in [5, 5.41) is 3.39. The van der Waals surface area contributed by atoms with E-state index in [2.05, 4.69) is 29.1 Å². The summed E-state index contributed by atoms with van der Waals surface area (Å²) < 4.78 is 5.48. The molecule has 0 aromatic carbocycles. The van der Waals surface area contributed by atoms with Crippen LogP contribution in [-0.4, -0.2) is 99.7 Å². The van der Waals surface area contributed by atoms with Gasteiger partial charge in [-0.3, -0.25) is 14.7 Å². The molecular formula is C19H37N5O2. The highest BCUT2D eigenvalue weighted by atomic mass is 16.5. The third-order valence-corrected chi connectivity index (χ3v) is 5.21. The van der Waals surface area contributed by atoms with Crippen LogP contribution in [0.5, 0.6) is 0 Å². The van der Waals surface area contributed by atoms with E-state index in [-0.39, 0.29) is 11.9 Å². The largest absolute Gasteiger partial charge is 0.381 e. The standard InChI is InChI=1S/C19H37N5O2/c1-5-20-19(23(4)14-16-9-13-26-15-16)21-10-7-12-24-11-6-8-17(24)18(25)22(2)3/h16-17H,5-15H2,1-4H3,(H,20,21). The van der Waals surface area contributed by atoms with Crippen LogP contribution in [-0.2, 0) is 9.53 Å². The molecule has 2 atom stereocenters. The molecule has 2 heterocycles. The van der Waals surface area contributed by atoms with Crippen LogP contribution >= 0.6 is 0 Å². The van der Waals surface area contributed by atoms with Gasteiger partial charge in [-0.15, -0.1) is 0 Å². The molecule has 7 nitrogen and oxygen atoms in total. The number of aliphatic imine (C=N–C) groups is 1. The van der Waals surface area contributed by atoms with Crippen LogP contribution < -0.4 is 5.32 Å². The number of rotatable bonds is 8. The normalized spacial score (nSPS) is 24.1. The maximum atomic E-state index is 12.3. The van der Waals surface area contributed by atoms with E-state index >= 15 is 0 Å². The molecule has 0 aromatic heterocycles. The van der Waals surface area contributed by atoms with E-state index in [1.165, 1.54) is 0 Å². The molecule has 2 fully saturated rings. The monoisotopic (exact) mass is 367 g/mol. The van der Waals surface area contributed by atoms with E-state index in [4.69, 9.17) is 9.73 Å². The summed E-state index contributed by atoms with van der Waals surface area (Å²) in [4.78, 5) is 23.3. The van der Waals surface area contributed by atoms with Crippen molar-refractivity contribution in [3.63, 3.8) is 0 Å². The highest BCUT2D eigenvalue weighted by molar-refractivity contribution is 5.81. The van der Waals surface area contributed by atoms with Gasteiger partial charge in [0.1, 0.15) is 0 Å². The van der Waals surface area contributed by atoms with E-state index in [9.17, 15) is 4.79 Å². The van der Waals surface area contributed by atoms with Gasteiger partial charge in [-0.1, -0.05) is 0 Å². The fourth-order valence-electron chi connectivity index (χ4n) is 3.80. The minimum atomic E-state index is 0.0623. The van der Waals surface area contributed by atoms with E-state index in [1.54, 1.807) is 4.90 Å². The molecule has 0 bridgehead atoms. The summed E-state index contributed by atoms with van der Waals surface area (Å²) >= 11 is 0. The Morgan fingerprint density at radius 2 is 2.12 bits per heavy atom. The fourth-order valence-corrected chi connectivity index (χ4v) is 3.80. The Kier molecular flexibility index (Phi) is 8.65. The molecule has 0 spiro atoms. The van der Waals surface area contributed by atoms with Crippen LogP contribution in [0.15, 0.2) is 4.99 Å². The van der Waals surface area contributed by atoms with Crippen LogP contribution in [0.3, 0.4) is 0 Å². The zero-order valence-corrected chi connectivity index (χ0v) is 17.0. The van der Waals surface area contributed by atoms with Crippen molar-refractivity contribution < 1.29 is 9.53 Å². The number of ether oxygens (including phenoxy) is 1. The number of amides is 1. The van der Waals surface area contributed by atoms with E-state index in [1.807, 2.05) is 14.1 Å². The van der Waals surface area contributed by atoms with Crippen molar-refractivity contribution in [2.24, 2.45) is 10.9 Å². The third kappa shape index (κ3) is 6.13. The number of hydrogen-bond donors (Lipinski definition) is 1. The van der Waals surface area contributed by atoms with Gasteiger partial charge in [0, 0.05) is 59.8 Å². The highest BCUT2D eigenvalue weighted by Crippen LogP contribution is 2.19. The first-order valence-electron chi connectivity index (χ1n) is 10.0. The number of carbonyl (C=O) groups excluding carboxylic acids is 1. The van der Waals surface area contributed by atoms with Crippen LogP contribution in [0, 0.1) is 5.92 Å². The molecule has 0 saturated carbocycles. The predicted molar refractivity (Wildman–Crippen MR) is 105 cm³/mol. The lowest BCUT2D eigenvalue weighted by Crippen LogP contribution is -2.43. The fraction of sp³-hybridized carbons (Fsp3) is 0.895. The van der Waals surface area contributed by atoms with E-state index in [0.29, 0.717) is 5.92 Å². The SMILES string of the molecule is CCNC(=NCCCN1CCCC1C(=O)N(C)C)N(C)CC1CCOC1. The summed E-state index contributed by atoms with van der Waals surface area (Å²) in [5.41, 5.74) is 0. The molecule has 7 heteroatoms. The number of likely N-dealkylation sites (tertiary alicyclic amines) is 1. The maximum absolute atomic E-state index is 12.3. The highest BCUT2D eigenvalue weighted by Gasteiger charge is 2.31. The molecule has 2 saturated heterocycles. The third-order valence-electron chi connectivity index (χ3n) is 5.21. The zero-order valence-electron chi connectivity index (χ0n) is 17.0. The Morgan fingerprint density at radius 1 is 1.31 bits per heavy atom. The Labute approximate surface area is 158 Å². The van der Waals surface area contributed by atoms with Crippen LogP contribution in [0.4, 0.5) is 0 Å². The van der Waals surface area contributed by atoms with Crippen molar-refractivity contribution in [1.82, 2.24) is 20.0 Å². The van der Waals surface area contributed by atoms with Crippen LogP contribution in [0.25, 0.3) is 0 Å². The average Bonchev–Trinajstić information content (AvgIpc) is 3.28. The van der Waals surface area contributed by atoms with Crippen LogP contribution in [0.1, 0.15) is 32.6 Å². The lowest BCUT2D eigenvalue weighted by atomic mass is 10.1. The van der Waals surface area contributed by atoms with Crippen LogP contribution in [0.2, 0.25) is 0 Å². The Bertz CT molecular complexity index is 463. The van der Waals surface area contributed by atoms with Crippen molar-refractivity contribution >= 4 is 11.9 Å². The zero-order chi connectivity index (χ0) is 18.9. The first-order valence-corrected chi connectivity index (χ1v) is 10.0. The van der Waals surface area contributed by atoms with Crippen molar-refractivity contribution in [2.45, 2.75) is 38.6 Å². The van der Waals surface area contributed by atoms with E-state index < -0.39 is 0 Å². The van der Waals surface area contributed by atoms with Crippen molar-refractivity contribution in [1.29, 1.82) is 0 Å². The average molecular weight is 368 g/mol. The Hall–Kier alpha value is -1.34. The number of hydrogen-bond acceptors (Lipinski definition) is 4. The van der Waals surface area contributed by atoms with Gasteiger partial charge in [0.25, 0.3) is 0 Å². The van der Waals surface area contributed by atoms with Crippen molar-refractivity contribution in [2.75, 3.05) is 67.1 Å². The summed E-state index contributed by atoms with van der Waals surface area (Å²) in [6.07, 6.45) is 4.21. The molecule has 0 radical (unpaired) electrons.